The van der Waals surface area contributed by atoms with Gasteiger partial charge < -0.3 is 20.3 Å². The van der Waals surface area contributed by atoms with Crippen LogP contribution in [-0.2, 0) is 17.5 Å². The second kappa shape index (κ2) is 11.3. The van der Waals surface area contributed by atoms with Crippen molar-refractivity contribution >= 4 is 11.8 Å². The van der Waals surface area contributed by atoms with Crippen molar-refractivity contribution in [3.8, 4) is 0 Å². The number of piperidine rings is 1. The van der Waals surface area contributed by atoms with Gasteiger partial charge in [-0.1, -0.05) is 42.7 Å². The minimum Gasteiger partial charge on any atom is -0.445 e. The lowest BCUT2D eigenvalue weighted by Crippen LogP contribution is -2.57. The highest BCUT2D eigenvalue weighted by Crippen LogP contribution is 2.31. The molecule has 5 nitrogen and oxygen atoms in total. The van der Waals surface area contributed by atoms with Crippen LogP contribution in [0.2, 0.25) is 0 Å². The fourth-order valence-electron chi connectivity index (χ4n) is 5.04. The number of rotatable bonds is 6. The van der Waals surface area contributed by atoms with Crippen molar-refractivity contribution in [2.75, 3.05) is 18.0 Å². The zero-order valence-corrected chi connectivity index (χ0v) is 20.1. The number of hydrogen-bond donors (Lipinski definition) is 2. The van der Waals surface area contributed by atoms with Crippen LogP contribution < -0.4 is 15.5 Å². The highest BCUT2D eigenvalue weighted by atomic mass is 19.4. The van der Waals surface area contributed by atoms with E-state index >= 15 is 0 Å². The first-order chi connectivity index (χ1) is 16.8. The molecule has 2 aromatic rings. The van der Waals surface area contributed by atoms with E-state index in [1.807, 2.05) is 31.2 Å². The number of aryl methyl sites for hydroxylation is 1. The van der Waals surface area contributed by atoms with Gasteiger partial charge >= 0.3 is 12.3 Å². The van der Waals surface area contributed by atoms with E-state index in [0.29, 0.717) is 0 Å². The molecule has 1 heterocycles. The summed E-state index contributed by atoms with van der Waals surface area (Å²) in [5.41, 5.74) is 2.30. The van der Waals surface area contributed by atoms with Crippen molar-refractivity contribution in [3.63, 3.8) is 0 Å². The van der Waals surface area contributed by atoms with Crippen molar-refractivity contribution < 1.29 is 22.7 Å². The zero-order valence-electron chi connectivity index (χ0n) is 20.1. The number of nitrogens with zero attached hydrogens (tertiary/aromatic N) is 1. The van der Waals surface area contributed by atoms with Crippen LogP contribution in [0.15, 0.2) is 48.5 Å². The van der Waals surface area contributed by atoms with Crippen LogP contribution in [0, 0.1) is 6.92 Å². The van der Waals surface area contributed by atoms with Crippen LogP contribution in [-0.4, -0.2) is 37.3 Å². The maximum Gasteiger partial charge on any atom is 0.416 e. The van der Waals surface area contributed by atoms with Gasteiger partial charge in [-0.15, -0.1) is 0 Å². The Balaban J connectivity index is 1.30. The van der Waals surface area contributed by atoms with E-state index in [-0.39, 0.29) is 24.7 Å². The molecule has 0 aromatic heterocycles. The number of nitrogens with one attached hydrogen (secondary N) is 2. The molecule has 1 saturated carbocycles. The van der Waals surface area contributed by atoms with E-state index in [1.54, 1.807) is 12.1 Å². The average molecular weight is 490 g/mol. The molecule has 2 aromatic carbocycles. The molecule has 190 valence electrons. The van der Waals surface area contributed by atoms with E-state index in [4.69, 9.17) is 4.74 Å². The van der Waals surface area contributed by atoms with Crippen LogP contribution in [0.3, 0.4) is 0 Å². The number of halogens is 3. The van der Waals surface area contributed by atoms with E-state index in [1.165, 1.54) is 0 Å². The van der Waals surface area contributed by atoms with Gasteiger partial charge in [-0.3, -0.25) is 0 Å². The largest absolute Gasteiger partial charge is 0.445 e. The summed E-state index contributed by atoms with van der Waals surface area (Å²) >= 11 is 0. The number of hydrogen-bond acceptors (Lipinski definition) is 4. The zero-order chi connectivity index (χ0) is 24.8. The van der Waals surface area contributed by atoms with Gasteiger partial charge in [0, 0.05) is 36.9 Å². The SMILES string of the molecule is Cc1ccc(COC(=O)N[C@@H]2CCCC[C@H]2N[C@H]2CCCN(c3ccc(C(F)(F)F)cc3)C2)cc1. The van der Waals surface area contributed by atoms with Crippen molar-refractivity contribution in [1.82, 2.24) is 10.6 Å². The molecule has 1 amide bonds. The second-order valence-electron chi connectivity index (χ2n) is 9.70. The Morgan fingerprint density at radius 2 is 1.66 bits per heavy atom. The quantitative estimate of drug-likeness (QED) is 0.538. The first-order valence-corrected chi connectivity index (χ1v) is 12.4. The Hall–Kier alpha value is -2.74. The van der Waals surface area contributed by atoms with Crippen LogP contribution in [0.25, 0.3) is 0 Å². The van der Waals surface area contributed by atoms with Crippen molar-refractivity contribution in [2.45, 2.75) is 76.4 Å². The predicted octanol–water partition coefficient (Wildman–Crippen LogP) is 5.81. The van der Waals surface area contributed by atoms with Gasteiger partial charge in [0.2, 0.25) is 0 Å². The van der Waals surface area contributed by atoms with Crippen molar-refractivity contribution in [3.05, 3.63) is 65.2 Å². The summed E-state index contributed by atoms with van der Waals surface area (Å²) in [5, 5.41) is 6.80. The van der Waals surface area contributed by atoms with Crippen LogP contribution in [0.5, 0.6) is 0 Å². The summed E-state index contributed by atoms with van der Waals surface area (Å²) in [4.78, 5) is 14.6. The molecule has 0 radical (unpaired) electrons. The van der Waals surface area contributed by atoms with Gasteiger partial charge in [-0.05, 0) is 62.4 Å². The molecule has 3 atom stereocenters. The van der Waals surface area contributed by atoms with E-state index in [0.717, 1.165) is 80.6 Å². The summed E-state index contributed by atoms with van der Waals surface area (Å²) in [5.74, 6) is 0. The molecule has 2 aliphatic rings. The maximum atomic E-state index is 12.9. The summed E-state index contributed by atoms with van der Waals surface area (Å²) < 4.78 is 44.1. The van der Waals surface area contributed by atoms with Crippen LogP contribution >= 0.6 is 0 Å². The molecule has 1 aliphatic heterocycles. The molecule has 4 rings (SSSR count). The van der Waals surface area contributed by atoms with E-state index in [2.05, 4.69) is 15.5 Å². The smallest absolute Gasteiger partial charge is 0.416 e. The maximum absolute atomic E-state index is 12.9. The number of carbonyl (C=O) groups excluding carboxylic acids is 1. The number of anilines is 1. The number of carbonyl (C=O) groups is 1. The number of alkyl halides is 3. The van der Waals surface area contributed by atoms with E-state index in [9.17, 15) is 18.0 Å². The van der Waals surface area contributed by atoms with Gasteiger partial charge in [0.1, 0.15) is 6.61 Å². The Kier molecular flexibility index (Phi) is 8.21. The Labute approximate surface area is 205 Å². The Bertz CT molecular complexity index is 963. The topological polar surface area (TPSA) is 53.6 Å². The first-order valence-electron chi connectivity index (χ1n) is 12.4. The third kappa shape index (κ3) is 7.13. The van der Waals surface area contributed by atoms with Crippen molar-refractivity contribution in [2.24, 2.45) is 0 Å². The van der Waals surface area contributed by atoms with E-state index < -0.39 is 17.8 Å². The molecule has 35 heavy (non-hydrogen) atoms. The number of benzene rings is 2. The van der Waals surface area contributed by atoms with Crippen LogP contribution in [0.1, 0.15) is 55.2 Å². The van der Waals surface area contributed by atoms with Gasteiger partial charge in [-0.25, -0.2) is 4.79 Å². The average Bonchev–Trinajstić information content (AvgIpc) is 2.85. The lowest BCUT2D eigenvalue weighted by molar-refractivity contribution is -0.137. The molecular weight excluding hydrogens is 455 g/mol. The minimum atomic E-state index is -4.32. The third-order valence-electron chi connectivity index (χ3n) is 6.99. The third-order valence-corrected chi connectivity index (χ3v) is 6.99. The summed E-state index contributed by atoms with van der Waals surface area (Å²) in [6, 6.07) is 13.7. The molecule has 2 fully saturated rings. The Morgan fingerprint density at radius 1 is 0.971 bits per heavy atom. The number of ether oxygens (including phenoxy) is 1. The second-order valence-corrected chi connectivity index (χ2v) is 9.70. The monoisotopic (exact) mass is 489 g/mol. The van der Waals surface area contributed by atoms with Gasteiger partial charge in [-0.2, -0.15) is 13.2 Å². The fraction of sp³-hybridized carbons (Fsp3) is 0.519. The van der Waals surface area contributed by atoms with Gasteiger partial charge in [0.05, 0.1) is 5.56 Å². The molecule has 8 heteroatoms. The highest BCUT2D eigenvalue weighted by Gasteiger charge is 2.32. The standard InChI is InChI=1S/C27H34F3N3O2/c1-19-8-10-20(11-9-19)18-35-26(34)32-25-7-3-2-6-24(25)31-22-5-4-16-33(17-22)23-14-12-21(13-15-23)27(28,29)30/h8-15,22,24-25,31H,2-7,16-18H2,1H3,(H,32,34)/t22-,24+,25+/m0/s1. The first kappa shape index (κ1) is 25.4. The predicted molar refractivity (Wildman–Crippen MR) is 130 cm³/mol. The van der Waals surface area contributed by atoms with Crippen LogP contribution in [0.4, 0.5) is 23.7 Å². The summed E-state index contributed by atoms with van der Waals surface area (Å²) in [6.45, 7) is 3.80. The minimum absolute atomic E-state index is 0.00397. The number of alkyl carbamates (subject to hydrolysis) is 1. The fourth-order valence-corrected chi connectivity index (χ4v) is 5.04. The highest BCUT2D eigenvalue weighted by molar-refractivity contribution is 5.67. The lowest BCUT2D eigenvalue weighted by atomic mass is 9.89. The molecule has 2 N–H and O–H groups in total. The molecular formula is C27H34F3N3O2. The van der Waals surface area contributed by atoms with Gasteiger partial charge in [0.15, 0.2) is 0 Å². The molecule has 0 spiro atoms. The normalized spacial score (nSPS) is 23.1. The van der Waals surface area contributed by atoms with Gasteiger partial charge in [0.25, 0.3) is 0 Å². The van der Waals surface area contributed by atoms with Crippen molar-refractivity contribution in [1.29, 1.82) is 0 Å². The number of amides is 1. The summed E-state index contributed by atoms with van der Waals surface area (Å²) in [6.07, 6.45) is 1.26. The molecule has 0 bridgehead atoms. The lowest BCUT2D eigenvalue weighted by Gasteiger charge is -2.40. The summed E-state index contributed by atoms with van der Waals surface area (Å²) in [7, 11) is 0. The molecule has 0 unspecified atom stereocenters. The molecule has 1 aliphatic carbocycles. The molecule has 1 saturated heterocycles. The Morgan fingerprint density at radius 3 is 2.34 bits per heavy atom.